The predicted molar refractivity (Wildman–Crippen MR) is 71.9 cm³/mol. The molecule has 8 heteroatoms. The van der Waals surface area contributed by atoms with Gasteiger partial charge >= 0.3 is 0 Å². The van der Waals surface area contributed by atoms with Crippen LogP contribution in [0, 0.1) is 0 Å². The molecule has 0 aliphatic carbocycles. The summed E-state index contributed by atoms with van der Waals surface area (Å²) in [6.07, 6.45) is 1.84. The molecule has 0 aliphatic rings. The van der Waals surface area contributed by atoms with Gasteiger partial charge in [-0.2, -0.15) is 0 Å². The van der Waals surface area contributed by atoms with Gasteiger partial charge in [-0.05, 0) is 6.42 Å². The van der Waals surface area contributed by atoms with Crippen LogP contribution >= 0.6 is 23.1 Å². The smallest absolute Gasteiger partial charge is 0.226 e. The Hall–Kier alpha value is -1.15. The van der Waals surface area contributed by atoms with Crippen molar-refractivity contribution in [1.29, 1.82) is 0 Å². The van der Waals surface area contributed by atoms with E-state index >= 15 is 0 Å². The van der Waals surface area contributed by atoms with Crippen molar-refractivity contribution in [2.75, 3.05) is 11.9 Å². The molecule has 0 spiro atoms. The van der Waals surface area contributed by atoms with Gasteiger partial charge in [-0.1, -0.05) is 36.9 Å². The highest BCUT2D eigenvalue weighted by Gasteiger charge is 2.08. The topological polar surface area (TPSA) is 76.7 Å². The molecule has 0 aromatic carbocycles. The lowest BCUT2D eigenvalue weighted by Crippen LogP contribution is -1.98. The molecule has 2 rings (SSSR count). The van der Waals surface area contributed by atoms with Crippen molar-refractivity contribution in [3.05, 3.63) is 11.8 Å². The van der Waals surface area contributed by atoms with E-state index in [0.717, 1.165) is 28.9 Å². The number of aromatic nitrogens is 4. The second-order valence-electron chi connectivity index (χ2n) is 3.53. The molecule has 0 amide bonds. The maximum Gasteiger partial charge on any atom is 0.226 e. The molecule has 98 valence electrons. The van der Waals surface area contributed by atoms with Gasteiger partial charge in [-0.15, -0.1) is 20.4 Å². The van der Waals surface area contributed by atoms with Crippen LogP contribution in [0.2, 0.25) is 0 Å². The van der Waals surface area contributed by atoms with Crippen LogP contribution in [0.3, 0.4) is 0 Å². The van der Waals surface area contributed by atoms with Crippen molar-refractivity contribution < 1.29 is 4.42 Å². The van der Waals surface area contributed by atoms with Crippen molar-refractivity contribution in [2.45, 2.75) is 36.8 Å². The first-order valence-corrected chi connectivity index (χ1v) is 7.63. The van der Waals surface area contributed by atoms with E-state index in [4.69, 9.17) is 4.42 Å². The summed E-state index contributed by atoms with van der Waals surface area (Å²) in [5.41, 5.74) is 0. The molecular formula is C10H15N5OS2. The van der Waals surface area contributed by atoms with Crippen molar-refractivity contribution >= 4 is 28.2 Å². The van der Waals surface area contributed by atoms with Crippen LogP contribution in [0.25, 0.3) is 0 Å². The number of nitrogens with one attached hydrogen (secondary N) is 1. The Morgan fingerprint density at radius 1 is 1.17 bits per heavy atom. The molecule has 2 aromatic rings. The Labute approximate surface area is 114 Å². The Bertz CT molecular complexity index is 484. The van der Waals surface area contributed by atoms with Gasteiger partial charge < -0.3 is 9.73 Å². The maximum atomic E-state index is 5.42. The zero-order chi connectivity index (χ0) is 12.8. The molecule has 0 radical (unpaired) electrons. The van der Waals surface area contributed by atoms with E-state index in [-0.39, 0.29) is 0 Å². The van der Waals surface area contributed by atoms with E-state index in [0.29, 0.717) is 17.5 Å². The molecule has 0 bridgehead atoms. The Kier molecular flexibility index (Phi) is 4.94. The first kappa shape index (κ1) is 13.3. The summed E-state index contributed by atoms with van der Waals surface area (Å²) in [6.45, 7) is 5.02. The molecular weight excluding hydrogens is 270 g/mol. The van der Waals surface area contributed by atoms with E-state index in [9.17, 15) is 0 Å². The molecule has 0 saturated heterocycles. The Balaban J connectivity index is 1.84. The minimum atomic E-state index is 0.634. The van der Waals surface area contributed by atoms with E-state index < -0.39 is 0 Å². The van der Waals surface area contributed by atoms with E-state index in [1.54, 1.807) is 23.1 Å². The van der Waals surface area contributed by atoms with Crippen LogP contribution in [0.15, 0.2) is 8.76 Å². The molecule has 1 N–H and O–H groups in total. The highest BCUT2D eigenvalue weighted by Crippen LogP contribution is 2.27. The fraction of sp³-hybridized carbons (Fsp3) is 0.600. The van der Waals surface area contributed by atoms with Crippen LogP contribution in [0.1, 0.15) is 32.0 Å². The standard InChI is InChI=1S/C10H15N5OS2/c1-3-5-11-9-14-15-10(18-9)17-6-8-13-12-7(4-2)16-8/h3-6H2,1-2H3,(H,11,14). The zero-order valence-electron chi connectivity index (χ0n) is 10.3. The fourth-order valence-corrected chi connectivity index (χ4v) is 2.80. The quantitative estimate of drug-likeness (QED) is 0.783. The number of anilines is 1. The van der Waals surface area contributed by atoms with Gasteiger partial charge in [0.15, 0.2) is 4.34 Å². The first-order chi connectivity index (χ1) is 8.81. The lowest BCUT2D eigenvalue weighted by molar-refractivity contribution is 0.470. The first-order valence-electron chi connectivity index (χ1n) is 5.83. The summed E-state index contributed by atoms with van der Waals surface area (Å²) in [5, 5.41) is 20.1. The SMILES string of the molecule is CCCNc1nnc(SCc2nnc(CC)o2)s1. The van der Waals surface area contributed by atoms with Crippen LogP contribution in [-0.2, 0) is 12.2 Å². The average molecular weight is 285 g/mol. The number of thioether (sulfide) groups is 1. The third kappa shape index (κ3) is 3.67. The number of hydrogen-bond donors (Lipinski definition) is 1. The molecule has 0 saturated carbocycles. The van der Waals surface area contributed by atoms with Crippen LogP contribution in [0.4, 0.5) is 5.13 Å². The summed E-state index contributed by atoms with van der Waals surface area (Å²) in [4.78, 5) is 0. The van der Waals surface area contributed by atoms with E-state index in [1.165, 1.54) is 0 Å². The number of aryl methyl sites for hydroxylation is 1. The Morgan fingerprint density at radius 3 is 2.72 bits per heavy atom. The van der Waals surface area contributed by atoms with Gasteiger partial charge in [0, 0.05) is 13.0 Å². The van der Waals surface area contributed by atoms with Gasteiger partial charge in [-0.25, -0.2) is 0 Å². The van der Waals surface area contributed by atoms with Crippen molar-refractivity contribution in [1.82, 2.24) is 20.4 Å². The van der Waals surface area contributed by atoms with Crippen LogP contribution in [0.5, 0.6) is 0 Å². The lowest BCUT2D eigenvalue weighted by atomic mass is 10.5. The van der Waals surface area contributed by atoms with Crippen molar-refractivity contribution in [3.63, 3.8) is 0 Å². The summed E-state index contributed by atoms with van der Waals surface area (Å²) in [6, 6.07) is 0. The molecule has 2 aromatic heterocycles. The van der Waals surface area contributed by atoms with Gasteiger partial charge in [0.25, 0.3) is 0 Å². The normalized spacial score (nSPS) is 10.8. The van der Waals surface area contributed by atoms with Crippen LogP contribution in [-0.4, -0.2) is 26.9 Å². The van der Waals surface area contributed by atoms with Gasteiger partial charge in [0.2, 0.25) is 16.9 Å². The third-order valence-electron chi connectivity index (χ3n) is 2.06. The summed E-state index contributed by atoms with van der Waals surface area (Å²) in [5.74, 6) is 1.94. The minimum Gasteiger partial charge on any atom is -0.424 e. The van der Waals surface area contributed by atoms with Gasteiger partial charge in [-0.3, -0.25) is 0 Å². The second kappa shape index (κ2) is 6.69. The minimum absolute atomic E-state index is 0.634. The number of hydrogen-bond acceptors (Lipinski definition) is 8. The molecule has 0 atom stereocenters. The van der Waals surface area contributed by atoms with E-state index in [2.05, 4.69) is 32.6 Å². The highest BCUT2D eigenvalue weighted by atomic mass is 32.2. The fourth-order valence-electron chi connectivity index (χ4n) is 1.18. The second-order valence-corrected chi connectivity index (χ2v) is 5.73. The molecule has 0 fully saturated rings. The molecule has 0 unspecified atom stereocenters. The summed E-state index contributed by atoms with van der Waals surface area (Å²) >= 11 is 3.10. The maximum absolute atomic E-state index is 5.42. The largest absolute Gasteiger partial charge is 0.424 e. The lowest BCUT2D eigenvalue weighted by Gasteiger charge is -1.95. The van der Waals surface area contributed by atoms with Crippen molar-refractivity contribution in [2.24, 2.45) is 0 Å². The molecule has 6 nitrogen and oxygen atoms in total. The van der Waals surface area contributed by atoms with Crippen LogP contribution < -0.4 is 5.32 Å². The van der Waals surface area contributed by atoms with E-state index in [1.807, 2.05) is 6.92 Å². The zero-order valence-corrected chi connectivity index (χ0v) is 12.0. The predicted octanol–water partition coefficient (Wildman–Crippen LogP) is 2.60. The summed E-state index contributed by atoms with van der Waals surface area (Å²) < 4.78 is 6.33. The van der Waals surface area contributed by atoms with Gasteiger partial charge in [0.05, 0.1) is 5.75 Å². The highest BCUT2D eigenvalue weighted by molar-refractivity contribution is 8.00. The van der Waals surface area contributed by atoms with Gasteiger partial charge in [0.1, 0.15) is 0 Å². The van der Waals surface area contributed by atoms with Crippen molar-refractivity contribution in [3.8, 4) is 0 Å². The number of rotatable bonds is 7. The average Bonchev–Trinajstić information content (AvgIpc) is 3.03. The summed E-state index contributed by atoms with van der Waals surface area (Å²) in [7, 11) is 0. The Morgan fingerprint density at radius 2 is 2.00 bits per heavy atom. The molecule has 18 heavy (non-hydrogen) atoms. The molecule has 2 heterocycles. The third-order valence-corrected chi connectivity index (χ3v) is 4.06. The monoisotopic (exact) mass is 285 g/mol. The molecule has 0 aliphatic heterocycles. The number of nitrogens with zero attached hydrogens (tertiary/aromatic N) is 4.